The fraction of sp³-hybridized carbons (Fsp3) is 0.130. The molecule has 1 amide bonds. The van der Waals surface area contributed by atoms with E-state index in [0.29, 0.717) is 6.42 Å². The molecule has 0 aliphatic rings. The summed E-state index contributed by atoms with van der Waals surface area (Å²) in [6.07, 6.45) is 2.24. The maximum absolute atomic E-state index is 12.8. The van der Waals surface area contributed by atoms with Gasteiger partial charge in [-0.1, -0.05) is 72.8 Å². The Labute approximate surface area is 159 Å². The highest BCUT2D eigenvalue weighted by Crippen LogP contribution is 2.23. The monoisotopic (exact) mass is 358 g/mol. The number of benzene rings is 3. The molecule has 1 N–H and O–H groups in total. The van der Waals surface area contributed by atoms with E-state index >= 15 is 0 Å². The number of hydrazone groups is 1. The van der Waals surface area contributed by atoms with E-state index in [4.69, 9.17) is 4.74 Å². The van der Waals surface area contributed by atoms with E-state index in [1.165, 1.54) is 0 Å². The lowest BCUT2D eigenvalue weighted by Crippen LogP contribution is -2.27. The number of nitrogens with one attached hydrogen (secondary N) is 1. The summed E-state index contributed by atoms with van der Waals surface area (Å²) in [5.74, 6) is 0.280. The van der Waals surface area contributed by atoms with Crippen molar-refractivity contribution in [2.24, 2.45) is 5.10 Å². The molecule has 0 heterocycles. The summed E-state index contributed by atoms with van der Waals surface area (Å²) in [4.78, 5) is 12.8. The van der Waals surface area contributed by atoms with E-state index in [1.807, 2.05) is 84.9 Å². The smallest absolute Gasteiger partial charge is 0.247 e. The first kappa shape index (κ1) is 18.4. The number of rotatable bonds is 7. The first-order chi connectivity index (χ1) is 13.3. The SMILES string of the molecule is COc1ccc(C(Cc2ccccc2)C(=O)N/N=C/c2ccccc2)cc1. The van der Waals surface area contributed by atoms with Gasteiger partial charge >= 0.3 is 0 Å². The fourth-order valence-electron chi connectivity index (χ4n) is 2.84. The Hall–Kier alpha value is -3.40. The molecule has 27 heavy (non-hydrogen) atoms. The number of carbonyl (C=O) groups is 1. The van der Waals surface area contributed by atoms with Crippen LogP contribution in [0.25, 0.3) is 0 Å². The fourth-order valence-corrected chi connectivity index (χ4v) is 2.84. The molecule has 0 saturated heterocycles. The molecule has 136 valence electrons. The number of amides is 1. The van der Waals surface area contributed by atoms with Crippen LogP contribution in [0, 0.1) is 0 Å². The van der Waals surface area contributed by atoms with Crippen LogP contribution >= 0.6 is 0 Å². The molecule has 0 aromatic heterocycles. The van der Waals surface area contributed by atoms with Crippen molar-refractivity contribution in [1.82, 2.24) is 5.43 Å². The highest BCUT2D eigenvalue weighted by molar-refractivity contribution is 5.86. The molecular weight excluding hydrogens is 336 g/mol. The van der Waals surface area contributed by atoms with E-state index in [2.05, 4.69) is 10.5 Å². The molecule has 3 rings (SSSR count). The lowest BCUT2D eigenvalue weighted by Gasteiger charge is -2.16. The molecule has 0 radical (unpaired) electrons. The minimum Gasteiger partial charge on any atom is -0.497 e. The van der Waals surface area contributed by atoms with Crippen molar-refractivity contribution in [2.75, 3.05) is 7.11 Å². The third kappa shape index (κ3) is 5.28. The summed E-state index contributed by atoms with van der Waals surface area (Å²) in [6.45, 7) is 0. The lowest BCUT2D eigenvalue weighted by molar-refractivity contribution is -0.122. The quantitative estimate of drug-likeness (QED) is 0.509. The molecule has 4 heteroatoms. The summed E-state index contributed by atoms with van der Waals surface area (Å²) in [5.41, 5.74) is 5.63. The second kappa shape index (κ2) is 9.34. The van der Waals surface area contributed by atoms with Crippen molar-refractivity contribution in [1.29, 1.82) is 0 Å². The van der Waals surface area contributed by atoms with Gasteiger partial charge in [-0.05, 0) is 35.2 Å². The van der Waals surface area contributed by atoms with Gasteiger partial charge in [-0.15, -0.1) is 0 Å². The van der Waals surface area contributed by atoms with Crippen molar-refractivity contribution < 1.29 is 9.53 Å². The van der Waals surface area contributed by atoms with Gasteiger partial charge in [0.1, 0.15) is 5.75 Å². The molecule has 1 atom stereocenters. The van der Waals surface area contributed by atoms with Crippen LogP contribution in [0.3, 0.4) is 0 Å². The van der Waals surface area contributed by atoms with Gasteiger partial charge in [-0.25, -0.2) is 5.43 Å². The minimum atomic E-state index is -0.341. The molecule has 0 aliphatic carbocycles. The molecule has 0 bridgehead atoms. The molecule has 4 nitrogen and oxygen atoms in total. The van der Waals surface area contributed by atoms with Gasteiger partial charge in [0.25, 0.3) is 0 Å². The maximum atomic E-state index is 12.8. The molecule has 3 aromatic carbocycles. The summed E-state index contributed by atoms with van der Waals surface area (Å²) in [6, 6.07) is 27.2. The summed E-state index contributed by atoms with van der Waals surface area (Å²) < 4.78 is 5.22. The predicted octanol–water partition coefficient (Wildman–Crippen LogP) is 4.17. The first-order valence-electron chi connectivity index (χ1n) is 8.82. The van der Waals surface area contributed by atoms with E-state index in [1.54, 1.807) is 13.3 Å². The first-order valence-corrected chi connectivity index (χ1v) is 8.82. The average molecular weight is 358 g/mol. The highest BCUT2D eigenvalue weighted by atomic mass is 16.5. The van der Waals surface area contributed by atoms with Crippen LogP contribution in [-0.2, 0) is 11.2 Å². The van der Waals surface area contributed by atoms with Crippen LogP contribution in [0.2, 0.25) is 0 Å². The third-order valence-corrected chi connectivity index (χ3v) is 4.31. The van der Waals surface area contributed by atoms with Gasteiger partial charge in [-0.2, -0.15) is 5.10 Å². The number of methoxy groups -OCH3 is 1. The van der Waals surface area contributed by atoms with Crippen molar-refractivity contribution in [3.05, 3.63) is 102 Å². The normalized spacial score (nSPS) is 11.9. The molecule has 3 aromatic rings. The number of ether oxygens (including phenoxy) is 1. The number of hydrogen-bond acceptors (Lipinski definition) is 3. The number of hydrogen-bond donors (Lipinski definition) is 1. The van der Waals surface area contributed by atoms with E-state index < -0.39 is 0 Å². The molecular formula is C23H22N2O2. The van der Waals surface area contributed by atoms with Gasteiger partial charge in [0, 0.05) is 0 Å². The molecule has 0 aliphatic heterocycles. The summed E-state index contributed by atoms with van der Waals surface area (Å²) in [5, 5.41) is 4.11. The van der Waals surface area contributed by atoms with E-state index in [9.17, 15) is 4.79 Å². The van der Waals surface area contributed by atoms with Crippen molar-refractivity contribution in [2.45, 2.75) is 12.3 Å². The Morgan fingerprint density at radius 2 is 1.59 bits per heavy atom. The summed E-state index contributed by atoms with van der Waals surface area (Å²) in [7, 11) is 1.63. The average Bonchev–Trinajstić information content (AvgIpc) is 2.73. The van der Waals surface area contributed by atoms with Crippen LogP contribution in [0.15, 0.2) is 90.0 Å². The van der Waals surface area contributed by atoms with Crippen LogP contribution < -0.4 is 10.2 Å². The Bertz CT molecular complexity index is 875. The highest BCUT2D eigenvalue weighted by Gasteiger charge is 2.21. The second-order valence-corrected chi connectivity index (χ2v) is 6.16. The topological polar surface area (TPSA) is 50.7 Å². The summed E-state index contributed by atoms with van der Waals surface area (Å²) >= 11 is 0. The van der Waals surface area contributed by atoms with Crippen molar-refractivity contribution in [3.63, 3.8) is 0 Å². The number of nitrogens with zero attached hydrogens (tertiary/aromatic N) is 1. The van der Waals surface area contributed by atoms with Crippen LogP contribution in [-0.4, -0.2) is 19.2 Å². The third-order valence-electron chi connectivity index (χ3n) is 4.31. The minimum absolute atomic E-state index is 0.142. The van der Waals surface area contributed by atoms with Crippen LogP contribution in [0.5, 0.6) is 5.75 Å². The second-order valence-electron chi connectivity index (χ2n) is 6.16. The molecule has 0 saturated carbocycles. The van der Waals surface area contributed by atoms with Crippen LogP contribution in [0.1, 0.15) is 22.6 Å². The Morgan fingerprint density at radius 3 is 2.22 bits per heavy atom. The molecule has 0 fully saturated rings. The van der Waals surface area contributed by atoms with E-state index in [-0.39, 0.29) is 11.8 Å². The molecule has 0 spiro atoms. The lowest BCUT2D eigenvalue weighted by atomic mass is 9.91. The predicted molar refractivity (Wildman–Crippen MR) is 108 cm³/mol. The largest absolute Gasteiger partial charge is 0.497 e. The van der Waals surface area contributed by atoms with E-state index in [0.717, 1.165) is 22.4 Å². The molecule has 1 unspecified atom stereocenters. The zero-order valence-corrected chi connectivity index (χ0v) is 15.2. The zero-order chi connectivity index (χ0) is 18.9. The Morgan fingerprint density at radius 1 is 0.963 bits per heavy atom. The van der Waals surface area contributed by atoms with Gasteiger partial charge in [0.2, 0.25) is 5.91 Å². The van der Waals surface area contributed by atoms with Gasteiger partial charge in [-0.3, -0.25) is 4.79 Å². The van der Waals surface area contributed by atoms with Gasteiger partial charge in [0.05, 0.1) is 19.2 Å². The van der Waals surface area contributed by atoms with Crippen molar-refractivity contribution >= 4 is 12.1 Å². The Kier molecular flexibility index (Phi) is 6.36. The standard InChI is InChI=1S/C23H22N2O2/c1-27-21-14-12-20(13-15-21)22(16-18-8-4-2-5-9-18)23(26)25-24-17-19-10-6-3-7-11-19/h2-15,17,22H,16H2,1H3,(H,25,26)/b24-17+. The van der Waals surface area contributed by atoms with Gasteiger partial charge in [0.15, 0.2) is 0 Å². The van der Waals surface area contributed by atoms with Crippen LogP contribution in [0.4, 0.5) is 0 Å². The number of carbonyl (C=O) groups excluding carboxylic acids is 1. The Balaban J connectivity index is 1.77. The zero-order valence-electron chi connectivity index (χ0n) is 15.2. The van der Waals surface area contributed by atoms with Crippen molar-refractivity contribution in [3.8, 4) is 5.75 Å². The maximum Gasteiger partial charge on any atom is 0.247 e. The van der Waals surface area contributed by atoms with Gasteiger partial charge < -0.3 is 4.74 Å².